The first-order chi connectivity index (χ1) is 7.30. The molecule has 0 saturated heterocycles. The normalized spacial score (nSPS) is 14.2. The molecule has 0 nitrogen and oxygen atoms in total. The smallest absolute Gasteiger partial charge is 0.0638 e. The van der Waals surface area contributed by atoms with Crippen molar-refractivity contribution in [3.8, 4) is 0 Å². The molecule has 1 atom stereocenters. The summed E-state index contributed by atoms with van der Waals surface area (Å²) in [5, 5.41) is 0. The number of alkyl halides is 1. The molecule has 1 aromatic carbocycles. The zero-order valence-electron chi connectivity index (χ0n) is 11.0. The Hall–Kier alpha value is -0.273. The van der Waals surface area contributed by atoms with Gasteiger partial charge in [-0.15, -0.1) is 11.6 Å². The van der Waals surface area contributed by atoms with Crippen LogP contribution in [-0.2, 0) is 4.87 Å². The topological polar surface area (TPSA) is 0 Å². The molecule has 0 bridgehead atoms. The summed E-state index contributed by atoms with van der Waals surface area (Å²) in [6.45, 7) is 11.2. The Labute approximate surface area is 107 Å². The molecule has 1 aromatic rings. The van der Waals surface area contributed by atoms with Crippen LogP contribution in [0.1, 0.15) is 37.8 Å². The van der Waals surface area contributed by atoms with E-state index in [-0.39, 0.29) is 13.7 Å². The summed E-state index contributed by atoms with van der Waals surface area (Å²) in [6.07, 6.45) is 0. The Morgan fingerprint density at radius 2 is 1.94 bits per heavy atom. The van der Waals surface area contributed by atoms with E-state index in [1.807, 2.05) is 13.8 Å². The molecule has 1 radical (unpaired) electrons. The molecule has 0 N–H and O–H groups in total. The van der Waals surface area contributed by atoms with Crippen molar-refractivity contribution in [2.45, 2.75) is 50.7 Å². The molecule has 0 aromatic heterocycles. The van der Waals surface area contributed by atoms with Crippen LogP contribution in [0.5, 0.6) is 0 Å². The van der Waals surface area contributed by atoms with Crippen molar-refractivity contribution in [1.82, 2.24) is 0 Å². The Morgan fingerprint density at radius 1 is 1.31 bits per heavy atom. The van der Waals surface area contributed by atoms with Crippen LogP contribution in [0.2, 0.25) is 19.1 Å². The molecule has 1 unspecified atom stereocenters. The zero-order chi connectivity index (χ0) is 12.3. The lowest BCUT2D eigenvalue weighted by Gasteiger charge is -2.20. The summed E-state index contributed by atoms with van der Waals surface area (Å²) in [7, 11) is -0.162. The lowest BCUT2D eigenvalue weighted by atomic mass is 9.95. The molecule has 0 heterocycles. The Balaban J connectivity index is 2.90. The van der Waals surface area contributed by atoms with Gasteiger partial charge in [0.25, 0.3) is 0 Å². The molecule has 0 spiro atoms. The second-order valence-electron chi connectivity index (χ2n) is 5.41. The summed E-state index contributed by atoms with van der Waals surface area (Å²) in [5.41, 5.74) is 2.65. The minimum absolute atomic E-state index is 0.162. The highest BCUT2D eigenvalue weighted by Gasteiger charge is 2.17. The van der Waals surface area contributed by atoms with Gasteiger partial charge in [0.2, 0.25) is 0 Å². The third-order valence-electron chi connectivity index (χ3n) is 2.86. The van der Waals surface area contributed by atoms with Crippen molar-refractivity contribution in [2.75, 3.05) is 0 Å². The van der Waals surface area contributed by atoms with Gasteiger partial charge in [-0.1, -0.05) is 50.3 Å². The van der Waals surface area contributed by atoms with E-state index in [1.54, 1.807) is 0 Å². The van der Waals surface area contributed by atoms with E-state index >= 15 is 0 Å². The molecule has 0 aliphatic heterocycles. The van der Waals surface area contributed by atoms with Gasteiger partial charge >= 0.3 is 0 Å². The summed E-state index contributed by atoms with van der Waals surface area (Å²) in [5.74, 6) is 0.655. The predicted octanol–water partition coefficient (Wildman–Crippen LogP) is 5.02. The highest BCUT2D eigenvalue weighted by atomic mass is 35.5. The third-order valence-corrected chi connectivity index (χ3v) is 4.50. The van der Waals surface area contributed by atoms with Gasteiger partial charge in [0.15, 0.2) is 0 Å². The van der Waals surface area contributed by atoms with Gasteiger partial charge in [0.1, 0.15) is 0 Å². The molecule has 2 heteroatoms. The van der Waals surface area contributed by atoms with Crippen LogP contribution in [0.15, 0.2) is 24.3 Å². The fourth-order valence-electron chi connectivity index (χ4n) is 1.95. The summed E-state index contributed by atoms with van der Waals surface area (Å²) in [6, 6.07) is 10.1. The largest absolute Gasteiger partial charge is 0.115 e. The standard InChI is InChI=1S/C14H22ClSi/c1-11(10-16(4)5)12-7-6-8-13(9-12)14(2,3)15/h6-9,11H,10H2,1-5H3. The average Bonchev–Trinajstić information content (AvgIpc) is 2.15. The zero-order valence-corrected chi connectivity index (χ0v) is 12.7. The van der Waals surface area contributed by atoms with Crippen LogP contribution in [0.25, 0.3) is 0 Å². The van der Waals surface area contributed by atoms with Crippen LogP contribution < -0.4 is 0 Å². The highest BCUT2D eigenvalue weighted by molar-refractivity contribution is 6.55. The van der Waals surface area contributed by atoms with Gasteiger partial charge in [-0.2, -0.15) is 0 Å². The fraction of sp³-hybridized carbons (Fsp3) is 0.571. The quantitative estimate of drug-likeness (QED) is 0.522. The Bertz CT molecular complexity index is 339. The second-order valence-corrected chi connectivity index (χ2v) is 9.18. The first-order valence-corrected chi connectivity index (χ1v) is 8.97. The summed E-state index contributed by atoms with van der Waals surface area (Å²) < 4.78 is 0. The molecule has 0 fully saturated rings. The number of halogens is 1. The minimum atomic E-state index is -0.262. The first kappa shape index (κ1) is 13.8. The maximum Gasteiger partial charge on any atom is 0.0638 e. The maximum absolute atomic E-state index is 6.35. The van der Waals surface area contributed by atoms with Crippen LogP contribution in [0.3, 0.4) is 0 Å². The van der Waals surface area contributed by atoms with E-state index in [1.165, 1.54) is 17.2 Å². The SMILES string of the molecule is CC(C[Si](C)C)c1cccc(C(C)(C)Cl)c1. The van der Waals surface area contributed by atoms with Crippen LogP contribution >= 0.6 is 11.6 Å². The van der Waals surface area contributed by atoms with Gasteiger partial charge in [-0.05, 0) is 30.9 Å². The van der Waals surface area contributed by atoms with E-state index in [4.69, 9.17) is 11.6 Å². The molecule has 0 aliphatic carbocycles. The molecule has 0 saturated carbocycles. The van der Waals surface area contributed by atoms with Gasteiger partial charge < -0.3 is 0 Å². The third kappa shape index (κ3) is 3.95. The molecule has 1 rings (SSSR count). The van der Waals surface area contributed by atoms with Crippen LogP contribution in [0.4, 0.5) is 0 Å². The monoisotopic (exact) mass is 253 g/mol. The van der Waals surface area contributed by atoms with E-state index in [0.717, 1.165) is 0 Å². The number of benzene rings is 1. The Kier molecular flexibility index (Phi) is 4.63. The minimum Gasteiger partial charge on any atom is -0.115 e. The van der Waals surface area contributed by atoms with Gasteiger partial charge in [-0.3, -0.25) is 0 Å². The lowest BCUT2D eigenvalue weighted by Crippen LogP contribution is -2.10. The molecule has 16 heavy (non-hydrogen) atoms. The first-order valence-electron chi connectivity index (χ1n) is 5.89. The van der Waals surface area contributed by atoms with Crippen molar-refractivity contribution in [2.24, 2.45) is 0 Å². The molecule has 89 valence electrons. The number of hydrogen-bond acceptors (Lipinski definition) is 0. The van der Waals surface area contributed by atoms with E-state index in [9.17, 15) is 0 Å². The molecule has 0 amide bonds. The summed E-state index contributed by atoms with van der Waals surface area (Å²) >= 11 is 6.35. The van der Waals surface area contributed by atoms with Crippen molar-refractivity contribution < 1.29 is 0 Å². The van der Waals surface area contributed by atoms with E-state index in [2.05, 4.69) is 44.3 Å². The lowest BCUT2D eigenvalue weighted by molar-refractivity contribution is 0.757. The van der Waals surface area contributed by atoms with Crippen LogP contribution in [-0.4, -0.2) is 8.80 Å². The fourth-order valence-corrected chi connectivity index (χ4v) is 3.52. The van der Waals surface area contributed by atoms with Crippen molar-refractivity contribution >= 4 is 20.4 Å². The van der Waals surface area contributed by atoms with Gasteiger partial charge in [0, 0.05) is 8.80 Å². The van der Waals surface area contributed by atoms with Crippen molar-refractivity contribution in [3.05, 3.63) is 35.4 Å². The van der Waals surface area contributed by atoms with Crippen molar-refractivity contribution in [3.63, 3.8) is 0 Å². The number of hydrogen-bond donors (Lipinski definition) is 0. The van der Waals surface area contributed by atoms with Gasteiger partial charge in [-0.25, -0.2) is 0 Å². The van der Waals surface area contributed by atoms with Crippen LogP contribution in [0, 0.1) is 0 Å². The van der Waals surface area contributed by atoms with Gasteiger partial charge in [0.05, 0.1) is 4.87 Å². The molecule has 0 aliphatic rings. The highest BCUT2D eigenvalue weighted by Crippen LogP contribution is 2.30. The van der Waals surface area contributed by atoms with E-state index < -0.39 is 0 Å². The average molecular weight is 254 g/mol. The van der Waals surface area contributed by atoms with E-state index in [0.29, 0.717) is 5.92 Å². The Morgan fingerprint density at radius 3 is 2.44 bits per heavy atom. The summed E-state index contributed by atoms with van der Waals surface area (Å²) in [4.78, 5) is -0.262. The maximum atomic E-state index is 6.35. The molecular formula is C14H22ClSi. The second kappa shape index (κ2) is 5.37. The molecular weight excluding hydrogens is 232 g/mol. The number of rotatable bonds is 4. The van der Waals surface area contributed by atoms with Crippen molar-refractivity contribution in [1.29, 1.82) is 0 Å². The predicted molar refractivity (Wildman–Crippen MR) is 76.0 cm³/mol.